The van der Waals surface area contributed by atoms with Crippen LogP contribution in [0, 0.1) is 6.92 Å². The summed E-state index contributed by atoms with van der Waals surface area (Å²) in [6, 6.07) is 19.2. The van der Waals surface area contributed by atoms with Crippen LogP contribution in [0.25, 0.3) is 39.2 Å². The predicted molar refractivity (Wildman–Crippen MR) is 189 cm³/mol. The summed E-state index contributed by atoms with van der Waals surface area (Å²) in [5.41, 5.74) is 6.86. The fourth-order valence-corrected chi connectivity index (χ4v) is 6.60. The summed E-state index contributed by atoms with van der Waals surface area (Å²) in [4.78, 5) is 34.1. The Kier molecular flexibility index (Phi) is 10.4. The van der Waals surface area contributed by atoms with E-state index in [0.29, 0.717) is 71.1 Å². The number of aliphatic hydroxyl groups is 1. The van der Waals surface area contributed by atoms with Gasteiger partial charge in [0.15, 0.2) is 0 Å². The Balaban J connectivity index is 1.29. The zero-order valence-electron chi connectivity index (χ0n) is 26.6. The molecule has 10 nitrogen and oxygen atoms in total. The van der Waals surface area contributed by atoms with Gasteiger partial charge in [-0.2, -0.15) is 0 Å². The zero-order chi connectivity index (χ0) is 33.8. The van der Waals surface area contributed by atoms with Crippen molar-refractivity contribution in [1.82, 2.24) is 30.3 Å². The van der Waals surface area contributed by atoms with Gasteiger partial charge in [-0.15, -0.1) is 0 Å². The minimum absolute atomic E-state index is 0.00365. The molecule has 0 spiro atoms. The molecule has 1 aliphatic heterocycles. The van der Waals surface area contributed by atoms with Gasteiger partial charge in [0.2, 0.25) is 11.8 Å². The minimum atomic E-state index is -0.149. The summed E-state index contributed by atoms with van der Waals surface area (Å²) < 4.78 is 7.15. The molecule has 48 heavy (non-hydrogen) atoms. The van der Waals surface area contributed by atoms with Gasteiger partial charge in [-0.1, -0.05) is 65.7 Å². The second-order valence-electron chi connectivity index (χ2n) is 11.7. The van der Waals surface area contributed by atoms with Crippen LogP contribution in [-0.2, 0) is 17.9 Å². The third kappa shape index (κ3) is 6.94. The Morgan fingerprint density at radius 1 is 0.958 bits per heavy atom. The lowest BCUT2D eigenvalue weighted by Crippen LogP contribution is -2.35. The third-order valence-electron chi connectivity index (χ3n) is 8.54. The van der Waals surface area contributed by atoms with Gasteiger partial charge < -0.3 is 25.8 Å². The topological polar surface area (TPSA) is 130 Å². The maximum Gasteiger partial charge on any atom is 0.261 e. The smallest absolute Gasteiger partial charge is 0.261 e. The highest BCUT2D eigenvalue weighted by atomic mass is 35.5. The monoisotopic (exact) mass is 686 g/mol. The lowest BCUT2D eigenvalue weighted by molar-refractivity contribution is -0.119. The first-order chi connectivity index (χ1) is 23.3. The van der Waals surface area contributed by atoms with E-state index in [0.717, 1.165) is 39.8 Å². The van der Waals surface area contributed by atoms with E-state index in [9.17, 15) is 9.59 Å². The number of carbonyl (C=O) groups excluding carboxylic acids is 1. The summed E-state index contributed by atoms with van der Waals surface area (Å²) in [5.74, 6) is 0.582. The zero-order valence-corrected chi connectivity index (χ0v) is 28.2. The van der Waals surface area contributed by atoms with E-state index in [2.05, 4.69) is 16.0 Å². The predicted octanol–water partition coefficient (Wildman–Crippen LogP) is 5.16. The number of carbonyl (C=O) groups is 1. The van der Waals surface area contributed by atoms with E-state index in [1.807, 2.05) is 60.7 Å². The van der Waals surface area contributed by atoms with Crippen LogP contribution in [0.5, 0.6) is 5.88 Å². The van der Waals surface area contributed by atoms with Crippen molar-refractivity contribution in [2.75, 3.05) is 26.8 Å². The number of rotatable bonds is 12. The van der Waals surface area contributed by atoms with Crippen molar-refractivity contribution in [3.63, 3.8) is 0 Å². The number of ether oxygens (including phenoxy) is 1. The van der Waals surface area contributed by atoms with E-state index in [-0.39, 0.29) is 24.1 Å². The van der Waals surface area contributed by atoms with Crippen LogP contribution < -0.4 is 26.2 Å². The Morgan fingerprint density at radius 3 is 2.40 bits per heavy atom. The van der Waals surface area contributed by atoms with Crippen LogP contribution in [0.4, 0.5) is 0 Å². The Hall–Kier alpha value is -4.32. The molecule has 3 aromatic heterocycles. The van der Waals surface area contributed by atoms with Gasteiger partial charge in [0, 0.05) is 78.2 Å². The van der Waals surface area contributed by atoms with E-state index in [1.165, 1.54) is 4.40 Å². The van der Waals surface area contributed by atoms with Crippen molar-refractivity contribution in [3.05, 3.63) is 104 Å². The SMILES string of the molecule is COc1nc(-c2cccc(-c3cccc(-c4ccn5c(=O)c(C)c(CNCCO)nc5c4)c3Cl)c2Cl)ccc1CNCC1CCC(=O)N1. The molecular weight excluding hydrogens is 651 g/mol. The maximum absolute atomic E-state index is 13.1. The summed E-state index contributed by atoms with van der Waals surface area (Å²) in [5, 5.41) is 19.6. The van der Waals surface area contributed by atoms with Crippen molar-refractivity contribution < 1.29 is 14.6 Å². The molecule has 1 saturated heterocycles. The molecule has 0 saturated carbocycles. The Morgan fingerprint density at radius 2 is 1.69 bits per heavy atom. The highest BCUT2D eigenvalue weighted by Crippen LogP contribution is 2.42. The lowest BCUT2D eigenvalue weighted by atomic mass is 9.97. The van der Waals surface area contributed by atoms with E-state index >= 15 is 0 Å². The molecule has 248 valence electrons. The van der Waals surface area contributed by atoms with Crippen LogP contribution in [-0.4, -0.2) is 58.2 Å². The largest absolute Gasteiger partial charge is 0.481 e. The van der Waals surface area contributed by atoms with Gasteiger partial charge in [0.1, 0.15) is 5.65 Å². The van der Waals surface area contributed by atoms with Gasteiger partial charge in [-0.05, 0) is 37.1 Å². The van der Waals surface area contributed by atoms with E-state index in [4.69, 9.17) is 43.0 Å². The maximum atomic E-state index is 13.1. The summed E-state index contributed by atoms with van der Waals surface area (Å²) in [7, 11) is 1.59. The van der Waals surface area contributed by atoms with Crippen LogP contribution in [0.2, 0.25) is 10.0 Å². The standard InChI is InChI=1S/C36H36Cl2N6O4/c1-21-30(20-39-14-16-45)42-31-17-22(13-15-44(31)36(21)47)25-5-3-6-26(33(25)37)27-7-4-8-28(34(27)38)29-11-9-23(35(43-29)48-2)18-40-19-24-10-12-32(46)41-24/h3-9,11,13,15,17,24,39-40,45H,10,12,14,16,18-20H2,1-2H3,(H,41,46). The van der Waals surface area contributed by atoms with E-state index in [1.54, 1.807) is 20.2 Å². The molecule has 1 atom stereocenters. The van der Waals surface area contributed by atoms with Gasteiger partial charge in [0.25, 0.3) is 5.56 Å². The van der Waals surface area contributed by atoms with Gasteiger partial charge in [0.05, 0.1) is 35.1 Å². The minimum Gasteiger partial charge on any atom is -0.481 e. The second-order valence-corrected chi connectivity index (χ2v) is 12.4. The van der Waals surface area contributed by atoms with Crippen LogP contribution in [0.3, 0.4) is 0 Å². The lowest BCUT2D eigenvalue weighted by Gasteiger charge is -2.16. The molecule has 6 rings (SSSR count). The molecular formula is C36H36Cl2N6O4. The average Bonchev–Trinajstić information content (AvgIpc) is 3.52. The van der Waals surface area contributed by atoms with Crippen molar-refractivity contribution >= 4 is 34.8 Å². The van der Waals surface area contributed by atoms with E-state index < -0.39 is 0 Å². The number of fused-ring (bicyclic) bond motifs is 1. The Bertz CT molecular complexity index is 2050. The number of aromatic nitrogens is 3. The number of hydrogen-bond acceptors (Lipinski definition) is 8. The first kappa shape index (κ1) is 33.6. The number of benzene rings is 2. The normalized spacial score (nSPS) is 14.4. The van der Waals surface area contributed by atoms with Crippen molar-refractivity contribution in [3.8, 4) is 39.4 Å². The molecule has 5 aromatic rings. The van der Waals surface area contributed by atoms with Crippen LogP contribution in [0.1, 0.15) is 29.7 Å². The van der Waals surface area contributed by atoms with Crippen LogP contribution in [0.15, 0.2) is 71.7 Å². The molecule has 0 bridgehead atoms. The number of amides is 1. The fraction of sp³-hybridized carbons (Fsp3) is 0.278. The van der Waals surface area contributed by atoms with Gasteiger partial charge in [-0.25, -0.2) is 9.97 Å². The summed E-state index contributed by atoms with van der Waals surface area (Å²) in [6.45, 7) is 3.73. The molecule has 0 radical (unpaired) electrons. The number of nitrogens with zero attached hydrogens (tertiary/aromatic N) is 3. The first-order valence-corrected chi connectivity index (χ1v) is 16.5. The molecule has 1 aliphatic rings. The molecule has 1 amide bonds. The van der Waals surface area contributed by atoms with Crippen molar-refractivity contribution in [2.24, 2.45) is 0 Å². The average molecular weight is 688 g/mol. The quantitative estimate of drug-likeness (QED) is 0.132. The van der Waals surface area contributed by atoms with Crippen molar-refractivity contribution in [2.45, 2.75) is 38.9 Å². The number of nitrogens with one attached hydrogen (secondary N) is 3. The second kappa shape index (κ2) is 14.8. The third-order valence-corrected chi connectivity index (χ3v) is 9.35. The molecule has 12 heteroatoms. The number of hydrogen-bond donors (Lipinski definition) is 4. The first-order valence-electron chi connectivity index (χ1n) is 15.7. The molecule has 0 aliphatic carbocycles. The summed E-state index contributed by atoms with van der Waals surface area (Å²) >= 11 is 14.2. The number of halogens is 2. The highest BCUT2D eigenvalue weighted by molar-refractivity contribution is 6.39. The molecule has 1 fully saturated rings. The number of aliphatic hydroxyl groups excluding tert-OH is 1. The fourth-order valence-electron chi connectivity index (χ4n) is 5.94. The highest BCUT2D eigenvalue weighted by Gasteiger charge is 2.21. The van der Waals surface area contributed by atoms with Crippen LogP contribution >= 0.6 is 23.2 Å². The molecule has 4 heterocycles. The van der Waals surface area contributed by atoms with Gasteiger partial charge >= 0.3 is 0 Å². The Labute approximate surface area is 288 Å². The van der Waals surface area contributed by atoms with Crippen molar-refractivity contribution in [1.29, 1.82) is 0 Å². The number of methoxy groups -OCH3 is 1. The molecule has 4 N–H and O–H groups in total. The molecule has 1 unspecified atom stereocenters. The molecule has 2 aromatic carbocycles. The number of pyridine rings is 2. The summed E-state index contributed by atoms with van der Waals surface area (Å²) in [6.07, 6.45) is 3.10. The van der Waals surface area contributed by atoms with Gasteiger partial charge in [-0.3, -0.25) is 14.0 Å².